The largest absolute Gasteiger partial charge is 0.361 e. The second kappa shape index (κ2) is 8.01. The first-order valence-electron chi connectivity index (χ1n) is 8.73. The van der Waals surface area contributed by atoms with Crippen LogP contribution in [0.25, 0.3) is 0 Å². The smallest absolute Gasteiger partial charge is 0.273 e. The van der Waals surface area contributed by atoms with Crippen LogP contribution in [-0.4, -0.2) is 46.5 Å². The summed E-state index contributed by atoms with van der Waals surface area (Å²) in [4.78, 5) is 28.3. The standard InChI is InChI=1S/C18H24N4O3S/c1-11(2)19-18(24)16-8-13(9-22(16)10-14-5-4-6-26-14)20-17(23)15-7-12(3)25-21-15/h4-7,11,13,16H,8-10H2,1-3H3,(H,19,24)(H,20,23)/t13-,16+/m1/s1. The minimum atomic E-state index is -0.271. The Bertz CT molecular complexity index is 756. The molecule has 1 saturated heterocycles. The molecule has 3 heterocycles. The predicted octanol–water partition coefficient (Wildman–Crippen LogP) is 1.94. The average molecular weight is 376 g/mol. The van der Waals surface area contributed by atoms with Crippen molar-refractivity contribution in [2.45, 2.75) is 51.9 Å². The average Bonchev–Trinajstić information content (AvgIpc) is 3.28. The van der Waals surface area contributed by atoms with Crippen molar-refractivity contribution in [1.82, 2.24) is 20.7 Å². The monoisotopic (exact) mass is 376 g/mol. The maximum atomic E-state index is 12.6. The number of nitrogens with one attached hydrogen (secondary N) is 2. The zero-order valence-electron chi connectivity index (χ0n) is 15.2. The lowest BCUT2D eigenvalue weighted by Crippen LogP contribution is -2.45. The van der Waals surface area contributed by atoms with Crippen LogP contribution >= 0.6 is 11.3 Å². The molecular formula is C18H24N4O3S. The molecule has 2 N–H and O–H groups in total. The van der Waals surface area contributed by atoms with Crippen molar-refractivity contribution < 1.29 is 14.1 Å². The molecule has 26 heavy (non-hydrogen) atoms. The summed E-state index contributed by atoms with van der Waals surface area (Å²) in [5.74, 6) is 0.327. The Morgan fingerprint density at radius 2 is 2.27 bits per heavy atom. The lowest BCUT2D eigenvalue weighted by molar-refractivity contribution is -0.126. The third-order valence-corrected chi connectivity index (χ3v) is 5.13. The van der Waals surface area contributed by atoms with E-state index in [1.165, 1.54) is 4.88 Å². The number of carbonyl (C=O) groups excluding carboxylic acids is 2. The van der Waals surface area contributed by atoms with E-state index in [2.05, 4.69) is 26.8 Å². The number of amides is 2. The molecule has 0 aliphatic carbocycles. The van der Waals surface area contributed by atoms with Gasteiger partial charge in [0.15, 0.2) is 5.69 Å². The topological polar surface area (TPSA) is 87.5 Å². The molecule has 0 radical (unpaired) electrons. The third-order valence-electron chi connectivity index (χ3n) is 4.27. The second-order valence-electron chi connectivity index (χ2n) is 6.92. The molecule has 1 aliphatic rings. The van der Waals surface area contributed by atoms with Crippen LogP contribution in [0.5, 0.6) is 0 Å². The van der Waals surface area contributed by atoms with Crippen LogP contribution < -0.4 is 10.6 Å². The van der Waals surface area contributed by atoms with E-state index in [1.807, 2.05) is 25.3 Å². The molecule has 0 unspecified atom stereocenters. The van der Waals surface area contributed by atoms with Crippen molar-refractivity contribution in [2.75, 3.05) is 6.54 Å². The second-order valence-corrected chi connectivity index (χ2v) is 7.95. The van der Waals surface area contributed by atoms with Crippen molar-refractivity contribution in [2.24, 2.45) is 0 Å². The fourth-order valence-electron chi connectivity index (χ4n) is 3.17. The molecule has 0 aromatic carbocycles. The van der Waals surface area contributed by atoms with E-state index in [0.29, 0.717) is 25.3 Å². The van der Waals surface area contributed by atoms with Crippen LogP contribution in [-0.2, 0) is 11.3 Å². The van der Waals surface area contributed by atoms with Gasteiger partial charge < -0.3 is 15.2 Å². The molecule has 2 aromatic rings. The van der Waals surface area contributed by atoms with Crippen molar-refractivity contribution in [3.8, 4) is 0 Å². The molecule has 1 aliphatic heterocycles. The molecule has 0 spiro atoms. The molecule has 2 aromatic heterocycles. The Labute approximate surface area is 156 Å². The Balaban J connectivity index is 1.68. The van der Waals surface area contributed by atoms with Gasteiger partial charge in [-0.2, -0.15) is 0 Å². The van der Waals surface area contributed by atoms with Gasteiger partial charge in [0, 0.05) is 36.1 Å². The first-order chi connectivity index (χ1) is 12.4. The molecule has 3 rings (SSSR count). The van der Waals surface area contributed by atoms with Gasteiger partial charge in [-0.3, -0.25) is 14.5 Å². The van der Waals surface area contributed by atoms with Gasteiger partial charge in [-0.15, -0.1) is 11.3 Å². The van der Waals surface area contributed by atoms with E-state index < -0.39 is 0 Å². The highest BCUT2D eigenvalue weighted by Crippen LogP contribution is 2.23. The molecule has 0 bridgehead atoms. The van der Waals surface area contributed by atoms with Gasteiger partial charge in [0.05, 0.1) is 6.04 Å². The summed E-state index contributed by atoms with van der Waals surface area (Å²) < 4.78 is 4.96. The van der Waals surface area contributed by atoms with Gasteiger partial charge in [0.2, 0.25) is 5.91 Å². The van der Waals surface area contributed by atoms with E-state index in [1.54, 1.807) is 24.3 Å². The highest BCUT2D eigenvalue weighted by atomic mass is 32.1. The lowest BCUT2D eigenvalue weighted by Gasteiger charge is -2.23. The third kappa shape index (κ3) is 4.50. The first-order valence-corrected chi connectivity index (χ1v) is 9.61. The number of hydrogen-bond donors (Lipinski definition) is 2. The zero-order chi connectivity index (χ0) is 18.7. The number of likely N-dealkylation sites (tertiary alicyclic amines) is 1. The number of aromatic nitrogens is 1. The summed E-state index contributed by atoms with van der Waals surface area (Å²) >= 11 is 1.67. The summed E-state index contributed by atoms with van der Waals surface area (Å²) in [6.07, 6.45) is 0.576. The summed E-state index contributed by atoms with van der Waals surface area (Å²) in [6.45, 7) is 6.96. The molecule has 0 saturated carbocycles. The molecule has 2 amide bonds. The van der Waals surface area contributed by atoms with Gasteiger partial charge in [0.25, 0.3) is 5.91 Å². The molecule has 8 heteroatoms. The highest BCUT2D eigenvalue weighted by Gasteiger charge is 2.38. The number of rotatable bonds is 6. The van der Waals surface area contributed by atoms with Crippen LogP contribution in [0, 0.1) is 6.92 Å². The van der Waals surface area contributed by atoms with Crippen molar-refractivity contribution in [3.05, 3.63) is 39.9 Å². The molecule has 1 fully saturated rings. The Morgan fingerprint density at radius 3 is 2.88 bits per heavy atom. The van der Waals surface area contributed by atoms with Gasteiger partial charge >= 0.3 is 0 Å². The van der Waals surface area contributed by atoms with E-state index in [0.717, 1.165) is 0 Å². The predicted molar refractivity (Wildman–Crippen MR) is 98.9 cm³/mol. The first kappa shape index (κ1) is 18.6. The van der Waals surface area contributed by atoms with Crippen molar-refractivity contribution >= 4 is 23.2 Å². The van der Waals surface area contributed by atoms with Crippen LogP contribution in [0.1, 0.15) is 41.4 Å². The lowest BCUT2D eigenvalue weighted by atomic mass is 10.1. The number of hydrogen-bond acceptors (Lipinski definition) is 6. The van der Waals surface area contributed by atoms with E-state index in [4.69, 9.17) is 4.52 Å². The minimum Gasteiger partial charge on any atom is -0.361 e. The maximum Gasteiger partial charge on any atom is 0.273 e. The van der Waals surface area contributed by atoms with Gasteiger partial charge in [-0.25, -0.2) is 0 Å². The summed E-state index contributed by atoms with van der Waals surface area (Å²) in [7, 11) is 0. The van der Waals surface area contributed by atoms with Gasteiger partial charge in [-0.1, -0.05) is 11.2 Å². The number of nitrogens with zero attached hydrogens (tertiary/aromatic N) is 2. The number of thiophene rings is 1. The molecule has 2 atom stereocenters. The number of aryl methyl sites for hydroxylation is 1. The fourth-order valence-corrected chi connectivity index (χ4v) is 3.90. The summed E-state index contributed by atoms with van der Waals surface area (Å²) in [5, 5.41) is 11.7. The molecule has 140 valence electrons. The SMILES string of the molecule is Cc1cc(C(=O)N[C@@H]2C[C@@H](C(=O)NC(C)C)N(Cc3cccs3)C2)no1. The molecule has 7 nitrogen and oxygen atoms in total. The van der Waals surface area contributed by atoms with Crippen LogP contribution in [0.2, 0.25) is 0 Å². The Kier molecular flexibility index (Phi) is 5.73. The van der Waals surface area contributed by atoms with E-state index in [-0.39, 0.29) is 35.6 Å². The Morgan fingerprint density at radius 1 is 1.46 bits per heavy atom. The quantitative estimate of drug-likeness (QED) is 0.805. The van der Waals surface area contributed by atoms with E-state index >= 15 is 0 Å². The summed E-state index contributed by atoms with van der Waals surface area (Å²) in [5.41, 5.74) is 0.266. The van der Waals surface area contributed by atoms with Crippen LogP contribution in [0.3, 0.4) is 0 Å². The molecular weight excluding hydrogens is 352 g/mol. The Hall–Kier alpha value is -2.19. The van der Waals surface area contributed by atoms with E-state index in [9.17, 15) is 9.59 Å². The highest BCUT2D eigenvalue weighted by molar-refractivity contribution is 7.09. The maximum absolute atomic E-state index is 12.6. The van der Waals surface area contributed by atoms with Gasteiger partial charge in [0.1, 0.15) is 5.76 Å². The summed E-state index contributed by atoms with van der Waals surface area (Å²) in [6, 6.07) is 5.39. The normalized spacial score (nSPS) is 20.5. The van der Waals surface area contributed by atoms with Crippen LogP contribution in [0.15, 0.2) is 28.1 Å². The van der Waals surface area contributed by atoms with Crippen LogP contribution in [0.4, 0.5) is 0 Å². The van der Waals surface area contributed by atoms with Crippen molar-refractivity contribution in [1.29, 1.82) is 0 Å². The minimum absolute atomic E-state index is 0.00517. The zero-order valence-corrected chi connectivity index (χ0v) is 16.0. The van der Waals surface area contributed by atoms with Crippen molar-refractivity contribution in [3.63, 3.8) is 0 Å². The fraction of sp³-hybridized carbons (Fsp3) is 0.500. The van der Waals surface area contributed by atoms with Gasteiger partial charge in [-0.05, 0) is 38.6 Å². The number of carbonyl (C=O) groups is 2.